The lowest BCUT2D eigenvalue weighted by molar-refractivity contribution is 0.239. The number of hydrogen-bond acceptors (Lipinski definition) is 1. The van der Waals surface area contributed by atoms with Crippen LogP contribution in [0.3, 0.4) is 0 Å². The molecule has 5 heteroatoms. The number of nitrogens with one attached hydrogen (secondary N) is 2. The Morgan fingerprint density at radius 3 is 2.48 bits per heavy atom. The average molecular weight is 335 g/mol. The molecule has 2 aromatic carbocycles. The lowest BCUT2D eigenvalue weighted by atomic mass is 9.90. The maximum absolute atomic E-state index is 12.1. The minimum Gasteiger partial charge on any atom is -0.337 e. The van der Waals surface area contributed by atoms with E-state index in [9.17, 15) is 9.18 Å². The van der Waals surface area contributed by atoms with Crippen LogP contribution in [-0.4, -0.2) is 25.8 Å². The zero-order valence-corrected chi connectivity index (χ0v) is 13.7. The fraction of sp³-hybridized carbons (Fsp3) is 0.278. The fourth-order valence-corrected chi connectivity index (χ4v) is 2.66. The minimum absolute atomic E-state index is 0.0120. The van der Waals surface area contributed by atoms with Gasteiger partial charge in [0, 0.05) is 24.0 Å². The van der Waals surface area contributed by atoms with Gasteiger partial charge in [-0.3, -0.25) is 0 Å². The number of benzene rings is 2. The molecule has 3 nitrogen and oxygen atoms in total. The molecule has 0 radical (unpaired) electrons. The van der Waals surface area contributed by atoms with E-state index in [-0.39, 0.29) is 18.5 Å². The minimum atomic E-state index is -0.580. The van der Waals surface area contributed by atoms with Crippen LogP contribution in [-0.2, 0) is 0 Å². The van der Waals surface area contributed by atoms with Crippen LogP contribution < -0.4 is 10.6 Å². The van der Waals surface area contributed by atoms with E-state index in [1.54, 1.807) is 0 Å². The molecular formula is C18H20ClFN2O. The molecule has 122 valence electrons. The third-order valence-corrected chi connectivity index (χ3v) is 3.78. The van der Waals surface area contributed by atoms with Crippen LogP contribution in [0.25, 0.3) is 0 Å². The fourth-order valence-electron chi connectivity index (χ4n) is 2.46. The van der Waals surface area contributed by atoms with Crippen LogP contribution in [0.5, 0.6) is 0 Å². The third-order valence-electron chi connectivity index (χ3n) is 3.54. The Kier molecular flexibility index (Phi) is 6.41. The van der Waals surface area contributed by atoms with Gasteiger partial charge in [-0.15, -0.1) is 0 Å². The summed E-state index contributed by atoms with van der Waals surface area (Å²) in [5.41, 5.74) is 3.27. The van der Waals surface area contributed by atoms with Gasteiger partial charge in [-0.25, -0.2) is 9.18 Å². The Labute approximate surface area is 140 Å². The third kappa shape index (κ3) is 5.25. The predicted octanol–water partition coefficient (Wildman–Crippen LogP) is 4.05. The lowest BCUT2D eigenvalue weighted by Crippen LogP contribution is -2.38. The van der Waals surface area contributed by atoms with Crippen molar-refractivity contribution in [2.45, 2.75) is 12.8 Å². The normalized spacial score (nSPS) is 11.8. The van der Waals surface area contributed by atoms with E-state index in [4.69, 9.17) is 11.6 Å². The number of carbonyl (C=O) groups excluding carboxylic acids is 1. The maximum atomic E-state index is 12.1. The molecular weight excluding hydrogens is 315 g/mol. The Bertz CT molecular complexity index is 617. The maximum Gasteiger partial charge on any atom is 0.314 e. The summed E-state index contributed by atoms with van der Waals surface area (Å²) < 4.78 is 12.1. The van der Waals surface area contributed by atoms with Gasteiger partial charge in [-0.2, -0.15) is 0 Å². The summed E-state index contributed by atoms with van der Waals surface area (Å²) in [7, 11) is 0. The van der Waals surface area contributed by atoms with E-state index in [0.717, 1.165) is 16.7 Å². The van der Waals surface area contributed by atoms with Gasteiger partial charge in [0.25, 0.3) is 0 Å². The first-order valence-corrected chi connectivity index (χ1v) is 7.87. The first-order chi connectivity index (χ1) is 11.1. The summed E-state index contributed by atoms with van der Waals surface area (Å²) in [6.45, 7) is 1.86. The standard InChI is InChI=1S/C18H20ClFN2O/c1-13-4-2-5-14(10-13)17(12-22-18(23)21-9-8-20)15-6-3-7-16(19)11-15/h2-7,10-11,17H,8-9,12H2,1H3,(H2,21,22,23). The highest BCUT2D eigenvalue weighted by Crippen LogP contribution is 2.26. The molecule has 0 aliphatic carbocycles. The van der Waals surface area contributed by atoms with E-state index >= 15 is 0 Å². The molecule has 0 aromatic heterocycles. The zero-order valence-electron chi connectivity index (χ0n) is 13.0. The van der Waals surface area contributed by atoms with Gasteiger partial charge in [0.05, 0.1) is 0 Å². The van der Waals surface area contributed by atoms with Gasteiger partial charge >= 0.3 is 6.03 Å². The van der Waals surface area contributed by atoms with E-state index in [1.807, 2.05) is 49.4 Å². The zero-order chi connectivity index (χ0) is 16.7. The molecule has 2 amide bonds. The number of hydrogen-bond donors (Lipinski definition) is 2. The van der Waals surface area contributed by atoms with E-state index in [2.05, 4.69) is 16.7 Å². The average Bonchev–Trinajstić information content (AvgIpc) is 2.53. The van der Waals surface area contributed by atoms with Crippen molar-refractivity contribution in [3.63, 3.8) is 0 Å². The molecule has 1 unspecified atom stereocenters. The second kappa shape index (κ2) is 8.53. The number of rotatable bonds is 6. The van der Waals surface area contributed by atoms with Gasteiger partial charge in [0.1, 0.15) is 6.67 Å². The molecule has 1 atom stereocenters. The number of urea groups is 1. The van der Waals surface area contributed by atoms with Crippen LogP contribution in [0.4, 0.5) is 9.18 Å². The molecule has 2 aromatic rings. The molecule has 0 spiro atoms. The molecule has 23 heavy (non-hydrogen) atoms. The number of aryl methyl sites for hydroxylation is 1. The Morgan fingerprint density at radius 2 is 1.83 bits per heavy atom. The van der Waals surface area contributed by atoms with Gasteiger partial charge < -0.3 is 10.6 Å². The van der Waals surface area contributed by atoms with Gasteiger partial charge in [0.15, 0.2) is 0 Å². The van der Waals surface area contributed by atoms with Gasteiger partial charge in [0.2, 0.25) is 0 Å². The molecule has 0 bridgehead atoms. The Hall–Kier alpha value is -2.07. The van der Waals surface area contributed by atoms with Crippen LogP contribution in [0, 0.1) is 6.92 Å². The molecule has 2 N–H and O–H groups in total. The summed E-state index contributed by atoms with van der Waals surface area (Å²) in [6.07, 6.45) is 0. The summed E-state index contributed by atoms with van der Waals surface area (Å²) in [5.74, 6) is -0.0234. The van der Waals surface area contributed by atoms with Gasteiger partial charge in [-0.1, -0.05) is 53.6 Å². The van der Waals surface area contributed by atoms with Crippen molar-refractivity contribution in [3.8, 4) is 0 Å². The van der Waals surface area contributed by atoms with Crippen molar-refractivity contribution in [1.29, 1.82) is 0 Å². The first kappa shape index (κ1) is 17.3. The van der Waals surface area contributed by atoms with Crippen LogP contribution in [0.15, 0.2) is 48.5 Å². The van der Waals surface area contributed by atoms with Crippen molar-refractivity contribution < 1.29 is 9.18 Å². The van der Waals surface area contributed by atoms with Crippen molar-refractivity contribution in [1.82, 2.24) is 10.6 Å². The SMILES string of the molecule is Cc1cccc(C(CNC(=O)NCCF)c2cccc(Cl)c2)c1. The van der Waals surface area contributed by atoms with Crippen molar-refractivity contribution in [2.75, 3.05) is 19.8 Å². The Balaban J connectivity index is 2.20. The number of halogens is 2. The van der Waals surface area contributed by atoms with Crippen LogP contribution in [0.1, 0.15) is 22.6 Å². The molecule has 0 aliphatic rings. The molecule has 0 aliphatic heterocycles. The quantitative estimate of drug-likeness (QED) is 0.822. The second-order valence-electron chi connectivity index (χ2n) is 5.35. The first-order valence-electron chi connectivity index (χ1n) is 7.50. The second-order valence-corrected chi connectivity index (χ2v) is 5.78. The molecule has 0 heterocycles. The Morgan fingerprint density at radius 1 is 1.13 bits per heavy atom. The number of carbonyl (C=O) groups is 1. The predicted molar refractivity (Wildman–Crippen MR) is 91.9 cm³/mol. The number of amides is 2. The summed E-state index contributed by atoms with van der Waals surface area (Å²) in [4.78, 5) is 11.7. The summed E-state index contributed by atoms with van der Waals surface area (Å²) in [5, 5.41) is 5.91. The smallest absolute Gasteiger partial charge is 0.314 e. The van der Waals surface area contributed by atoms with Crippen molar-refractivity contribution >= 4 is 17.6 Å². The van der Waals surface area contributed by atoms with E-state index in [0.29, 0.717) is 11.6 Å². The van der Waals surface area contributed by atoms with Crippen LogP contribution in [0.2, 0.25) is 5.02 Å². The van der Waals surface area contributed by atoms with Crippen molar-refractivity contribution in [2.24, 2.45) is 0 Å². The van der Waals surface area contributed by atoms with E-state index in [1.165, 1.54) is 0 Å². The highest BCUT2D eigenvalue weighted by molar-refractivity contribution is 6.30. The van der Waals surface area contributed by atoms with E-state index < -0.39 is 6.67 Å². The monoisotopic (exact) mass is 334 g/mol. The highest BCUT2D eigenvalue weighted by atomic mass is 35.5. The summed E-state index contributed by atoms with van der Waals surface area (Å²) in [6, 6.07) is 15.4. The molecule has 0 saturated heterocycles. The van der Waals surface area contributed by atoms with Crippen molar-refractivity contribution in [3.05, 3.63) is 70.2 Å². The number of alkyl halides is 1. The lowest BCUT2D eigenvalue weighted by Gasteiger charge is -2.19. The summed E-state index contributed by atoms with van der Waals surface area (Å²) >= 11 is 6.10. The molecule has 2 rings (SSSR count). The largest absolute Gasteiger partial charge is 0.337 e. The molecule has 0 saturated carbocycles. The topological polar surface area (TPSA) is 41.1 Å². The van der Waals surface area contributed by atoms with Crippen LogP contribution >= 0.6 is 11.6 Å². The highest BCUT2D eigenvalue weighted by Gasteiger charge is 2.16. The molecule has 0 fully saturated rings. The van der Waals surface area contributed by atoms with Gasteiger partial charge in [-0.05, 0) is 30.2 Å².